The summed E-state index contributed by atoms with van der Waals surface area (Å²) in [7, 11) is 0. The topological polar surface area (TPSA) is 71.1 Å². The number of hydrogen-bond acceptors (Lipinski definition) is 3. The predicted molar refractivity (Wildman–Crippen MR) is 117 cm³/mol. The molecule has 0 bridgehead atoms. The van der Waals surface area contributed by atoms with Gasteiger partial charge < -0.3 is 10.6 Å². The van der Waals surface area contributed by atoms with Crippen LogP contribution in [0, 0.1) is 20.8 Å². The third kappa shape index (κ3) is 4.88. The number of aryl methyl sites for hydroxylation is 4. The lowest BCUT2D eigenvalue weighted by molar-refractivity contribution is 0.102. The highest BCUT2D eigenvalue weighted by molar-refractivity contribution is 6.08. The Kier molecular flexibility index (Phi) is 6.07. The van der Waals surface area contributed by atoms with Crippen molar-refractivity contribution < 1.29 is 9.59 Å². The Labute approximate surface area is 171 Å². The van der Waals surface area contributed by atoms with Gasteiger partial charge in [0.1, 0.15) is 0 Å². The van der Waals surface area contributed by atoms with E-state index in [2.05, 4.69) is 22.5 Å². The lowest BCUT2D eigenvalue weighted by Gasteiger charge is -2.13. The van der Waals surface area contributed by atoms with E-state index in [1.54, 1.807) is 6.07 Å². The average Bonchev–Trinajstić information content (AvgIpc) is 2.71. The molecule has 0 saturated heterocycles. The van der Waals surface area contributed by atoms with Gasteiger partial charge in [-0.05, 0) is 62.1 Å². The number of rotatable bonds is 5. The van der Waals surface area contributed by atoms with Crippen molar-refractivity contribution in [3.63, 3.8) is 0 Å². The number of pyridine rings is 1. The minimum Gasteiger partial charge on any atom is -0.322 e. The van der Waals surface area contributed by atoms with Crippen LogP contribution in [0.4, 0.5) is 11.4 Å². The zero-order chi connectivity index (χ0) is 21.0. The Balaban J connectivity index is 1.76. The van der Waals surface area contributed by atoms with Crippen LogP contribution in [0.2, 0.25) is 0 Å². The summed E-state index contributed by atoms with van der Waals surface area (Å²) >= 11 is 0. The predicted octanol–water partition coefficient (Wildman–Crippen LogP) is 5.07. The van der Waals surface area contributed by atoms with Gasteiger partial charge in [-0.3, -0.25) is 14.6 Å². The van der Waals surface area contributed by atoms with Crippen molar-refractivity contribution in [3.05, 3.63) is 88.2 Å². The van der Waals surface area contributed by atoms with Crippen molar-refractivity contribution in [3.8, 4) is 0 Å². The fourth-order valence-corrected chi connectivity index (χ4v) is 3.28. The highest BCUT2D eigenvalue weighted by atomic mass is 16.2. The van der Waals surface area contributed by atoms with Gasteiger partial charge in [-0.25, -0.2) is 0 Å². The van der Waals surface area contributed by atoms with E-state index in [-0.39, 0.29) is 11.8 Å². The SMILES string of the molecule is CCc1ccc(NC(=O)c2cncc(C(=O)Nc3c(C)cc(C)cc3C)c2)cc1. The van der Waals surface area contributed by atoms with E-state index in [1.807, 2.05) is 57.2 Å². The molecule has 29 heavy (non-hydrogen) atoms. The van der Waals surface area contributed by atoms with Crippen LogP contribution >= 0.6 is 0 Å². The molecule has 0 saturated carbocycles. The average molecular weight is 387 g/mol. The summed E-state index contributed by atoms with van der Waals surface area (Å²) in [6, 6.07) is 13.3. The van der Waals surface area contributed by atoms with Crippen LogP contribution in [-0.2, 0) is 6.42 Å². The van der Waals surface area contributed by atoms with Crippen LogP contribution in [-0.4, -0.2) is 16.8 Å². The van der Waals surface area contributed by atoms with Crippen LogP contribution < -0.4 is 10.6 Å². The largest absolute Gasteiger partial charge is 0.322 e. The van der Waals surface area contributed by atoms with Crippen molar-refractivity contribution in [1.29, 1.82) is 0 Å². The first-order valence-electron chi connectivity index (χ1n) is 9.62. The Morgan fingerprint density at radius 1 is 0.828 bits per heavy atom. The number of carbonyl (C=O) groups is 2. The maximum Gasteiger partial charge on any atom is 0.257 e. The first-order valence-corrected chi connectivity index (χ1v) is 9.62. The quantitative estimate of drug-likeness (QED) is 0.642. The van der Waals surface area contributed by atoms with Crippen molar-refractivity contribution >= 4 is 23.2 Å². The van der Waals surface area contributed by atoms with Gasteiger partial charge >= 0.3 is 0 Å². The molecule has 0 radical (unpaired) electrons. The smallest absolute Gasteiger partial charge is 0.257 e. The molecule has 3 rings (SSSR count). The van der Waals surface area contributed by atoms with Gasteiger partial charge in [-0.2, -0.15) is 0 Å². The Morgan fingerprint density at radius 2 is 1.38 bits per heavy atom. The monoisotopic (exact) mass is 387 g/mol. The molecule has 0 aliphatic carbocycles. The Hall–Kier alpha value is -3.47. The molecule has 0 fully saturated rings. The molecule has 1 heterocycles. The van der Waals surface area contributed by atoms with Gasteiger partial charge in [0.2, 0.25) is 0 Å². The first kappa shape index (κ1) is 20.3. The molecule has 2 amide bonds. The van der Waals surface area contributed by atoms with Crippen LogP contribution in [0.15, 0.2) is 54.9 Å². The number of nitrogens with zero attached hydrogens (tertiary/aromatic N) is 1. The van der Waals surface area contributed by atoms with Gasteiger partial charge in [0, 0.05) is 23.8 Å². The minimum atomic E-state index is -0.306. The molecule has 2 N–H and O–H groups in total. The van der Waals surface area contributed by atoms with Crippen molar-refractivity contribution in [2.75, 3.05) is 10.6 Å². The molecule has 0 atom stereocenters. The molecule has 0 spiro atoms. The van der Waals surface area contributed by atoms with E-state index < -0.39 is 0 Å². The van der Waals surface area contributed by atoms with Gasteiger partial charge in [-0.15, -0.1) is 0 Å². The summed E-state index contributed by atoms with van der Waals surface area (Å²) in [6.07, 6.45) is 3.85. The fourth-order valence-electron chi connectivity index (χ4n) is 3.28. The lowest BCUT2D eigenvalue weighted by atomic mass is 10.0. The zero-order valence-corrected chi connectivity index (χ0v) is 17.2. The maximum absolute atomic E-state index is 12.7. The summed E-state index contributed by atoms with van der Waals surface area (Å²) in [6.45, 7) is 8.02. The summed E-state index contributed by atoms with van der Waals surface area (Å²) in [4.78, 5) is 29.4. The van der Waals surface area contributed by atoms with Crippen molar-refractivity contribution in [2.24, 2.45) is 0 Å². The van der Waals surface area contributed by atoms with Gasteiger partial charge in [0.25, 0.3) is 11.8 Å². The standard InChI is InChI=1S/C24H25N3O2/c1-5-18-6-8-21(9-7-18)26-23(28)19-12-20(14-25-13-19)24(29)27-22-16(3)10-15(2)11-17(22)4/h6-14H,5H2,1-4H3,(H,26,28)(H,27,29). The molecule has 0 aliphatic heterocycles. The molecule has 2 aromatic carbocycles. The Morgan fingerprint density at radius 3 is 1.93 bits per heavy atom. The van der Waals surface area contributed by atoms with E-state index in [0.29, 0.717) is 16.8 Å². The van der Waals surface area contributed by atoms with Crippen LogP contribution in [0.1, 0.15) is 49.9 Å². The number of hydrogen-bond donors (Lipinski definition) is 2. The molecule has 3 aromatic rings. The lowest BCUT2D eigenvalue weighted by Crippen LogP contribution is -2.17. The van der Waals surface area contributed by atoms with E-state index in [9.17, 15) is 9.59 Å². The summed E-state index contributed by atoms with van der Waals surface area (Å²) in [5.41, 5.74) is 6.48. The van der Waals surface area contributed by atoms with E-state index in [4.69, 9.17) is 0 Å². The van der Waals surface area contributed by atoms with Crippen molar-refractivity contribution in [2.45, 2.75) is 34.1 Å². The van der Waals surface area contributed by atoms with E-state index in [0.717, 1.165) is 28.8 Å². The van der Waals surface area contributed by atoms with Gasteiger partial charge in [0.15, 0.2) is 0 Å². The molecule has 5 nitrogen and oxygen atoms in total. The van der Waals surface area contributed by atoms with Gasteiger partial charge in [0.05, 0.1) is 11.1 Å². The summed E-state index contributed by atoms with van der Waals surface area (Å²) in [5.74, 6) is -0.603. The summed E-state index contributed by atoms with van der Waals surface area (Å²) in [5, 5.41) is 5.78. The van der Waals surface area contributed by atoms with Crippen LogP contribution in [0.5, 0.6) is 0 Å². The fraction of sp³-hybridized carbons (Fsp3) is 0.208. The molecule has 148 valence electrons. The summed E-state index contributed by atoms with van der Waals surface area (Å²) < 4.78 is 0. The molecular formula is C24H25N3O2. The molecule has 0 aliphatic rings. The molecule has 0 unspecified atom stereocenters. The highest BCUT2D eigenvalue weighted by Crippen LogP contribution is 2.22. The minimum absolute atomic E-state index is 0.297. The second kappa shape index (κ2) is 8.69. The number of aromatic nitrogens is 1. The molecular weight excluding hydrogens is 362 g/mol. The van der Waals surface area contributed by atoms with E-state index in [1.165, 1.54) is 18.0 Å². The number of benzene rings is 2. The second-order valence-electron chi connectivity index (χ2n) is 7.19. The molecule has 5 heteroatoms. The zero-order valence-electron chi connectivity index (χ0n) is 17.2. The number of carbonyl (C=O) groups excluding carboxylic acids is 2. The third-order valence-corrected chi connectivity index (χ3v) is 4.80. The molecule has 1 aromatic heterocycles. The van der Waals surface area contributed by atoms with Gasteiger partial charge in [-0.1, -0.05) is 36.8 Å². The normalized spacial score (nSPS) is 10.5. The van der Waals surface area contributed by atoms with Crippen LogP contribution in [0.25, 0.3) is 0 Å². The van der Waals surface area contributed by atoms with Crippen molar-refractivity contribution in [1.82, 2.24) is 4.98 Å². The van der Waals surface area contributed by atoms with Crippen LogP contribution in [0.3, 0.4) is 0 Å². The number of nitrogens with one attached hydrogen (secondary N) is 2. The first-order chi connectivity index (χ1) is 13.9. The van der Waals surface area contributed by atoms with E-state index >= 15 is 0 Å². The second-order valence-corrected chi connectivity index (χ2v) is 7.19. The third-order valence-electron chi connectivity index (χ3n) is 4.80. The Bertz CT molecular complexity index is 1030. The highest BCUT2D eigenvalue weighted by Gasteiger charge is 2.14. The number of amides is 2. The number of anilines is 2. The maximum atomic E-state index is 12.7.